The van der Waals surface area contributed by atoms with E-state index in [0.717, 1.165) is 62.9 Å². The van der Waals surface area contributed by atoms with Crippen molar-refractivity contribution in [1.29, 1.82) is 0 Å². The second-order valence-corrected chi connectivity index (χ2v) is 4.50. The van der Waals surface area contributed by atoms with Crippen LogP contribution in [0.15, 0.2) is 0 Å². The van der Waals surface area contributed by atoms with Gasteiger partial charge in [-0.05, 0) is 19.8 Å². The van der Waals surface area contributed by atoms with Gasteiger partial charge >= 0.3 is 0 Å². The van der Waals surface area contributed by atoms with Crippen LogP contribution in [0.5, 0.6) is 0 Å². The zero-order chi connectivity index (χ0) is 12.3. The minimum absolute atomic E-state index is 0.774. The van der Waals surface area contributed by atoms with Crippen LogP contribution < -0.4 is 10.6 Å². The second-order valence-electron chi connectivity index (χ2n) is 4.50. The van der Waals surface area contributed by atoms with Crippen molar-refractivity contribution >= 4 is 11.5 Å². The number of hydrogen-bond donors (Lipinski definition) is 1. The maximum absolute atomic E-state index is 6.15. The van der Waals surface area contributed by atoms with E-state index < -0.39 is 0 Å². The number of aromatic nitrogens is 2. The minimum Gasteiger partial charge on any atom is -0.394 e. The van der Waals surface area contributed by atoms with Crippen molar-refractivity contribution in [3.63, 3.8) is 0 Å². The third kappa shape index (κ3) is 2.54. The maximum atomic E-state index is 6.15. The molecule has 0 aliphatic carbocycles. The molecule has 2 rings (SSSR count). The van der Waals surface area contributed by atoms with Crippen LogP contribution in [-0.2, 0) is 11.3 Å². The molecule has 0 aromatic carbocycles. The molecule has 0 spiro atoms. The zero-order valence-corrected chi connectivity index (χ0v) is 10.8. The van der Waals surface area contributed by atoms with Gasteiger partial charge in [-0.3, -0.25) is 0 Å². The first kappa shape index (κ1) is 12.2. The molecule has 96 valence electrons. The molecule has 1 aromatic rings. The Morgan fingerprint density at radius 2 is 2.18 bits per heavy atom. The molecule has 0 unspecified atom stereocenters. The van der Waals surface area contributed by atoms with Gasteiger partial charge in [0, 0.05) is 26.2 Å². The lowest BCUT2D eigenvalue weighted by atomic mass is 10.3. The quantitative estimate of drug-likeness (QED) is 0.865. The van der Waals surface area contributed by atoms with Crippen LogP contribution in [0.2, 0.25) is 0 Å². The third-order valence-electron chi connectivity index (χ3n) is 3.10. The number of nitrogen functional groups attached to an aromatic ring is 1. The van der Waals surface area contributed by atoms with Gasteiger partial charge in [-0.1, -0.05) is 6.92 Å². The predicted octanol–water partition coefficient (Wildman–Crippen LogP) is 1.41. The molecule has 1 aromatic heterocycles. The van der Waals surface area contributed by atoms with E-state index in [4.69, 9.17) is 10.5 Å². The average Bonchev–Trinajstić information content (AvgIpc) is 2.53. The van der Waals surface area contributed by atoms with Gasteiger partial charge in [0.15, 0.2) is 5.82 Å². The molecule has 5 heteroatoms. The minimum atomic E-state index is 0.774. The van der Waals surface area contributed by atoms with E-state index in [1.165, 1.54) is 0 Å². The van der Waals surface area contributed by atoms with Gasteiger partial charge in [0.1, 0.15) is 0 Å². The molecule has 1 aliphatic rings. The summed E-state index contributed by atoms with van der Waals surface area (Å²) >= 11 is 0. The average molecular weight is 238 g/mol. The predicted molar refractivity (Wildman–Crippen MR) is 69.3 cm³/mol. The Morgan fingerprint density at radius 3 is 2.94 bits per heavy atom. The van der Waals surface area contributed by atoms with Crippen LogP contribution in [0, 0.1) is 6.92 Å². The van der Waals surface area contributed by atoms with Crippen molar-refractivity contribution in [1.82, 2.24) is 9.78 Å². The van der Waals surface area contributed by atoms with Gasteiger partial charge in [-0.2, -0.15) is 5.10 Å². The van der Waals surface area contributed by atoms with Gasteiger partial charge in [-0.25, -0.2) is 4.68 Å². The standard InChI is InChI=1S/C12H22N4O/c1-3-5-16-12(11(13)10(2)14-16)15-6-4-8-17-9-7-15/h3-9,13H2,1-2H3. The second kappa shape index (κ2) is 5.40. The van der Waals surface area contributed by atoms with Crippen molar-refractivity contribution in [2.45, 2.75) is 33.2 Å². The summed E-state index contributed by atoms with van der Waals surface area (Å²) < 4.78 is 7.52. The number of hydrogen-bond acceptors (Lipinski definition) is 4. The summed E-state index contributed by atoms with van der Waals surface area (Å²) in [6.45, 7) is 8.57. The van der Waals surface area contributed by atoms with Crippen molar-refractivity contribution < 1.29 is 4.74 Å². The smallest absolute Gasteiger partial charge is 0.150 e. The summed E-state index contributed by atoms with van der Waals surface area (Å²) in [5.41, 5.74) is 7.90. The number of ether oxygens (including phenoxy) is 1. The Labute approximate surface area is 103 Å². The van der Waals surface area contributed by atoms with Crippen LogP contribution >= 0.6 is 0 Å². The highest BCUT2D eigenvalue weighted by molar-refractivity contribution is 5.66. The van der Waals surface area contributed by atoms with Gasteiger partial charge in [0.05, 0.1) is 18.0 Å². The number of rotatable bonds is 3. The van der Waals surface area contributed by atoms with Crippen LogP contribution in [-0.4, -0.2) is 36.1 Å². The molecule has 17 heavy (non-hydrogen) atoms. The fourth-order valence-electron chi connectivity index (χ4n) is 2.24. The van der Waals surface area contributed by atoms with Crippen LogP contribution in [0.1, 0.15) is 25.5 Å². The molecule has 0 atom stereocenters. The molecule has 1 saturated heterocycles. The first-order valence-corrected chi connectivity index (χ1v) is 6.39. The van der Waals surface area contributed by atoms with Crippen LogP contribution in [0.25, 0.3) is 0 Å². The maximum Gasteiger partial charge on any atom is 0.150 e. The highest BCUT2D eigenvalue weighted by atomic mass is 16.5. The van der Waals surface area contributed by atoms with E-state index in [1.54, 1.807) is 0 Å². The Hall–Kier alpha value is -1.23. The van der Waals surface area contributed by atoms with Crippen molar-refractivity contribution in [3.05, 3.63) is 5.69 Å². The van der Waals surface area contributed by atoms with Gasteiger partial charge in [-0.15, -0.1) is 0 Å². The number of aryl methyl sites for hydroxylation is 2. The third-order valence-corrected chi connectivity index (χ3v) is 3.10. The topological polar surface area (TPSA) is 56.3 Å². The zero-order valence-electron chi connectivity index (χ0n) is 10.8. The first-order chi connectivity index (χ1) is 8.24. The molecular weight excluding hydrogens is 216 g/mol. The van der Waals surface area contributed by atoms with Crippen LogP contribution in [0.3, 0.4) is 0 Å². The molecule has 2 heterocycles. The first-order valence-electron chi connectivity index (χ1n) is 6.39. The molecule has 1 aliphatic heterocycles. The monoisotopic (exact) mass is 238 g/mol. The van der Waals surface area contributed by atoms with Crippen molar-refractivity contribution in [2.24, 2.45) is 0 Å². The fraction of sp³-hybridized carbons (Fsp3) is 0.750. The lowest BCUT2D eigenvalue weighted by molar-refractivity contribution is 0.152. The summed E-state index contributed by atoms with van der Waals surface area (Å²) in [6.07, 6.45) is 2.12. The Balaban J connectivity index is 2.27. The highest BCUT2D eigenvalue weighted by Gasteiger charge is 2.19. The molecular formula is C12H22N4O. The van der Waals surface area contributed by atoms with E-state index in [0.29, 0.717) is 0 Å². The van der Waals surface area contributed by atoms with E-state index >= 15 is 0 Å². The van der Waals surface area contributed by atoms with Crippen LogP contribution in [0.4, 0.5) is 11.5 Å². The SMILES string of the molecule is CCCn1nc(C)c(N)c1N1CCCOCC1. The van der Waals surface area contributed by atoms with Gasteiger partial charge in [0.2, 0.25) is 0 Å². The summed E-state index contributed by atoms with van der Waals surface area (Å²) in [7, 11) is 0. The Bertz CT molecular complexity index is 367. The number of nitrogens with two attached hydrogens (primary N) is 1. The van der Waals surface area contributed by atoms with E-state index in [-0.39, 0.29) is 0 Å². The summed E-state index contributed by atoms with van der Waals surface area (Å²) in [5, 5.41) is 4.51. The molecule has 0 radical (unpaired) electrons. The number of nitrogens with zero attached hydrogens (tertiary/aromatic N) is 3. The van der Waals surface area contributed by atoms with E-state index in [2.05, 4.69) is 16.9 Å². The van der Waals surface area contributed by atoms with E-state index in [9.17, 15) is 0 Å². The van der Waals surface area contributed by atoms with Crippen molar-refractivity contribution in [3.8, 4) is 0 Å². The molecule has 0 amide bonds. The molecule has 0 saturated carbocycles. The Morgan fingerprint density at radius 1 is 1.35 bits per heavy atom. The number of anilines is 2. The molecule has 0 bridgehead atoms. The largest absolute Gasteiger partial charge is 0.394 e. The summed E-state index contributed by atoms with van der Waals surface area (Å²) in [6, 6.07) is 0. The molecule has 5 nitrogen and oxygen atoms in total. The lowest BCUT2D eigenvalue weighted by Crippen LogP contribution is -2.29. The Kier molecular flexibility index (Phi) is 3.89. The van der Waals surface area contributed by atoms with E-state index in [1.807, 2.05) is 11.6 Å². The van der Waals surface area contributed by atoms with Gasteiger partial charge < -0.3 is 15.4 Å². The molecule has 1 fully saturated rings. The van der Waals surface area contributed by atoms with Crippen molar-refractivity contribution in [2.75, 3.05) is 36.9 Å². The van der Waals surface area contributed by atoms with Gasteiger partial charge in [0.25, 0.3) is 0 Å². The summed E-state index contributed by atoms with van der Waals surface area (Å²) in [5.74, 6) is 1.08. The normalized spacial score (nSPS) is 17.2. The lowest BCUT2D eigenvalue weighted by Gasteiger charge is -2.23. The molecule has 2 N–H and O–H groups in total. The highest BCUT2D eigenvalue weighted by Crippen LogP contribution is 2.27. The summed E-state index contributed by atoms with van der Waals surface area (Å²) in [4.78, 5) is 2.30. The fourth-order valence-corrected chi connectivity index (χ4v) is 2.24.